The van der Waals surface area contributed by atoms with Gasteiger partial charge in [0.2, 0.25) is 0 Å². The van der Waals surface area contributed by atoms with E-state index in [4.69, 9.17) is 4.74 Å². The van der Waals surface area contributed by atoms with Crippen molar-refractivity contribution in [3.8, 4) is 56.3 Å². The van der Waals surface area contributed by atoms with Crippen LogP contribution in [0.1, 0.15) is 22.3 Å². The third-order valence-electron chi connectivity index (χ3n) is 12.6. The van der Waals surface area contributed by atoms with Crippen molar-refractivity contribution in [3.63, 3.8) is 0 Å². The van der Waals surface area contributed by atoms with Gasteiger partial charge in [-0.3, -0.25) is 0 Å². The van der Waals surface area contributed by atoms with E-state index in [1.807, 2.05) is 18.2 Å². The van der Waals surface area contributed by atoms with Gasteiger partial charge in [0.05, 0.1) is 29.2 Å². The van der Waals surface area contributed by atoms with E-state index in [0.29, 0.717) is 0 Å². The molecule has 2 heterocycles. The summed E-state index contributed by atoms with van der Waals surface area (Å²) in [7, 11) is 1.73. The molecular formula is C53H38N2O2. The first-order valence-corrected chi connectivity index (χ1v) is 19.9. The summed E-state index contributed by atoms with van der Waals surface area (Å²) in [6.45, 7) is 0. The summed E-state index contributed by atoms with van der Waals surface area (Å²) in [6, 6.07) is 56.6. The molecule has 57 heavy (non-hydrogen) atoms. The monoisotopic (exact) mass is 734 g/mol. The molecule has 0 radical (unpaired) electrons. The van der Waals surface area contributed by atoms with E-state index in [1.165, 1.54) is 93.9 Å². The molecule has 0 aliphatic heterocycles. The van der Waals surface area contributed by atoms with Gasteiger partial charge in [-0.15, -0.1) is 0 Å². The number of aromatic nitrogens is 2. The number of hydrogen-bond donors (Lipinski definition) is 1. The average Bonchev–Trinajstić information content (AvgIpc) is 3.78. The summed E-state index contributed by atoms with van der Waals surface area (Å²) >= 11 is 0. The number of aromatic hydroxyl groups is 1. The lowest BCUT2D eigenvalue weighted by Gasteiger charge is -2.31. The Morgan fingerprint density at radius 3 is 1.44 bits per heavy atom. The van der Waals surface area contributed by atoms with Crippen LogP contribution in [0.15, 0.2) is 158 Å². The molecule has 0 amide bonds. The van der Waals surface area contributed by atoms with Crippen LogP contribution in [0.2, 0.25) is 0 Å². The summed E-state index contributed by atoms with van der Waals surface area (Å²) in [6.07, 6.45) is 3.93. The largest absolute Gasteiger partial charge is 0.508 e. The molecule has 0 saturated carbocycles. The molecule has 4 heteroatoms. The number of phenolic OH excluding ortho intramolecular Hbond substituents is 1. The number of rotatable bonds is 5. The van der Waals surface area contributed by atoms with E-state index in [1.54, 1.807) is 13.2 Å². The number of fused-ring (bicyclic) bond motifs is 8. The maximum atomic E-state index is 10.4. The zero-order chi connectivity index (χ0) is 37.8. The van der Waals surface area contributed by atoms with Crippen LogP contribution in [0.5, 0.6) is 11.5 Å². The van der Waals surface area contributed by atoms with Crippen LogP contribution in [-0.4, -0.2) is 21.4 Å². The van der Waals surface area contributed by atoms with Crippen LogP contribution < -0.4 is 4.74 Å². The zero-order valence-electron chi connectivity index (χ0n) is 31.6. The number of nitrogens with zero attached hydrogens (tertiary/aromatic N) is 2. The van der Waals surface area contributed by atoms with Gasteiger partial charge >= 0.3 is 0 Å². The summed E-state index contributed by atoms with van der Waals surface area (Å²) in [5.74, 6) is 1.15. The molecule has 4 nitrogen and oxygen atoms in total. The minimum Gasteiger partial charge on any atom is -0.508 e. The predicted octanol–water partition coefficient (Wildman–Crippen LogP) is 12.8. The lowest BCUT2D eigenvalue weighted by molar-refractivity contribution is 0.415. The third-order valence-corrected chi connectivity index (χ3v) is 12.6. The van der Waals surface area contributed by atoms with E-state index in [0.717, 1.165) is 48.1 Å². The maximum Gasteiger partial charge on any atom is 0.119 e. The Balaban J connectivity index is 1.15. The third kappa shape index (κ3) is 4.74. The standard InChI is InChI=1S/C53H38N2O2/c1-57-41-17-9-11-33(27-41)35-21-25-49-45(29-35)47-31-37-19-18-36-30-46-44-28-34(32-10-8-16-40(56)26-32)20-24-48(44)54(38-12-4-2-5-13-38)52(46)42-22-23-43(51(37)50(36)42)53(47)55(49)39-14-6-3-7-15-39/h2-17,20-21,24-31,56H,18-19,22-23H2,1H3. The van der Waals surface area contributed by atoms with Gasteiger partial charge in [-0.2, -0.15) is 0 Å². The molecule has 0 atom stereocenters. The van der Waals surface area contributed by atoms with Crippen molar-refractivity contribution in [1.29, 1.82) is 0 Å². The van der Waals surface area contributed by atoms with Gasteiger partial charge in [0.15, 0.2) is 0 Å². The molecule has 0 unspecified atom stereocenters. The first kappa shape index (κ1) is 32.2. The van der Waals surface area contributed by atoms with Crippen LogP contribution in [0.4, 0.5) is 0 Å². The first-order chi connectivity index (χ1) is 28.1. The minimum atomic E-state index is 0.282. The summed E-state index contributed by atoms with van der Waals surface area (Å²) in [4.78, 5) is 0. The Kier molecular flexibility index (Phi) is 6.91. The molecule has 10 aromatic rings. The second-order valence-corrected chi connectivity index (χ2v) is 15.7. The molecule has 8 aromatic carbocycles. The van der Waals surface area contributed by atoms with Crippen LogP contribution in [0.25, 0.3) is 88.4 Å². The van der Waals surface area contributed by atoms with E-state index < -0.39 is 0 Å². The molecule has 272 valence electrons. The fraction of sp³-hybridized carbons (Fsp3) is 0.0943. The number of hydrogen-bond acceptors (Lipinski definition) is 2. The Bertz CT molecular complexity index is 3280. The van der Waals surface area contributed by atoms with E-state index in [2.05, 4.69) is 143 Å². The van der Waals surface area contributed by atoms with Gasteiger partial charge in [0.1, 0.15) is 11.5 Å². The van der Waals surface area contributed by atoms with Gasteiger partial charge in [0, 0.05) is 32.9 Å². The highest BCUT2D eigenvalue weighted by Crippen LogP contribution is 2.51. The van der Waals surface area contributed by atoms with E-state index in [-0.39, 0.29) is 5.75 Å². The van der Waals surface area contributed by atoms with Crippen LogP contribution in [0, 0.1) is 0 Å². The zero-order valence-corrected chi connectivity index (χ0v) is 31.6. The van der Waals surface area contributed by atoms with Crippen LogP contribution in [0.3, 0.4) is 0 Å². The summed E-state index contributed by atoms with van der Waals surface area (Å²) in [5.41, 5.74) is 20.6. The molecule has 1 N–H and O–H groups in total. The molecule has 0 spiro atoms. The second-order valence-electron chi connectivity index (χ2n) is 15.7. The first-order valence-electron chi connectivity index (χ1n) is 19.9. The summed E-state index contributed by atoms with van der Waals surface area (Å²) in [5, 5.41) is 15.5. The summed E-state index contributed by atoms with van der Waals surface area (Å²) < 4.78 is 10.6. The number of phenols is 1. The molecular weight excluding hydrogens is 697 g/mol. The van der Waals surface area contributed by atoms with Gasteiger partial charge < -0.3 is 19.0 Å². The Hall–Kier alpha value is -7.04. The van der Waals surface area contributed by atoms with Crippen LogP contribution >= 0.6 is 0 Å². The highest BCUT2D eigenvalue weighted by atomic mass is 16.5. The fourth-order valence-electron chi connectivity index (χ4n) is 10.2. The molecule has 2 aromatic heterocycles. The van der Waals surface area contributed by atoms with Crippen molar-refractivity contribution in [1.82, 2.24) is 9.13 Å². The molecule has 2 aliphatic carbocycles. The van der Waals surface area contributed by atoms with Gasteiger partial charge in [-0.1, -0.05) is 72.8 Å². The minimum absolute atomic E-state index is 0.282. The number of methoxy groups -OCH3 is 1. The Labute approximate surface area is 330 Å². The topological polar surface area (TPSA) is 39.3 Å². The lowest BCUT2D eigenvalue weighted by Crippen LogP contribution is -2.16. The van der Waals surface area contributed by atoms with Crippen molar-refractivity contribution in [3.05, 3.63) is 180 Å². The van der Waals surface area contributed by atoms with Crippen molar-refractivity contribution >= 4 is 43.6 Å². The second kappa shape index (κ2) is 12.2. The smallest absolute Gasteiger partial charge is 0.119 e. The van der Waals surface area contributed by atoms with Crippen molar-refractivity contribution in [2.75, 3.05) is 7.11 Å². The number of ether oxygens (including phenoxy) is 1. The Morgan fingerprint density at radius 1 is 0.439 bits per heavy atom. The Morgan fingerprint density at radius 2 is 0.930 bits per heavy atom. The maximum absolute atomic E-state index is 10.4. The SMILES string of the molecule is COc1cccc(-c2ccc3c(c2)c2cc4c5c(c2n3-c2ccccc2)CCc2c-5c(cc3c5cc(-c6cccc(O)c6)ccc5n(-c5ccccc5)c23)CC4)c1. The van der Waals surface area contributed by atoms with E-state index >= 15 is 0 Å². The lowest BCUT2D eigenvalue weighted by atomic mass is 9.74. The van der Waals surface area contributed by atoms with Gasteiger partial charge in [-0.05, 0) is 166 Å². The van der Waals surface area contributed by atoms with E-state index in [9.17, 15) is 5.11 Å². The quantitative estimate of drug-likeness (QED) is 0.191. The highest BCUT2D eigenvalue weighted by molar-refractivity contribution is 6.17. The molecule has 12 rings (SSSR count). The number of para-hydroxylation sites is 2. The average molecular weight is 735 g/mol. The normalized spacial score (nSPS) is 13.1. The molecule has 0 fully saturated rings. The number of aryl methyl sites for hydroxylation is 4. The predicted molar refractivity (Wildman–Crippen MR) is 234 cm³/mol. The van der Waals surface area contributed by atoms with Crippen molar-refractivity contribution in [2.24, 2.45) is 0 Å². The number of benzene rings is 8. The van der Waals surface area contributed by atoms with Crippen molar-refractivity contribution < 1.29 is 9.84 Å². The molecule has 0 bridgehead atoms. The molecule has 2 aliphatic rings. The van der Waals surface area contributed by atoms with Crippen molar-refractivity contribution in [2.45, 2.75) is 25.7 Å². The van der Waals surface area contributed by atoms with Gasteiger partial charge in [0.25, 0.3) is 0 Å². The fourth-order valence-corrected chi connectivity index (χ4v) is 10.2. The highest BCUT2D eigenvalue weighted by Gasteiger charge is 2.33. The molecule has 0 saturated heterocycles. The van der Waals surface area contributed by atoms with Gasteiger partial charge in [-0.25, -0.2) is 0 Å². The van der Waals surface area contributed by atoms with Crippen LogP contribution in [-0.2, 0) is 25.7 Å².